The Balaban J connectivity index is 1.34. The van der Waals surface area contributed by atoms with Gasteiger partial charge in [-0.15, -0.1) is 0 Å². The van der Waals surface area contributed by atoms with Crippen molar-refractivity contribution in [1.82, 2.24) is 10.2 Å². The standard InChI is InChI=1S/C23H30N4O3/c1-2-30-21-12-7-6-11-20(21)25-23(29)22(28)24-13-8-14-26-15-17-27(18-16-26)19-9-4-3-5-10-19/h3-7,9-12H,2,8,13-18H2,1H3,(H,24,28)(H,25,29). The summed E-state index contributed by atoms with van der Waals surface area (Å²) in [6.07, 6.45) is 0.805. The second-order valence-corrected chi connectivity index (χ2v) is 7.16. The SMILES string of the molecule is CCOc1ccccc1NC(=O)C(=O)NCCCN1CCN(c2ccccc2)CC1. The summed E-state index contributed by atoms with van der Waals surface area (Å²) in [5.74, 6) is -0.760. The molecule has 30 heavy (non-hydrogen) atoms. The lowest BCUT2D eigenvalue weighted by molar-refractivity contribution is -0.136. The number of nitrogens with zero attached hydrogens (tertiary/aromatic N) is 2. The zero-order valence-corrected chi connectivity index (χ0v) is 17.5. The van der Waals surface area contributed by atoms with Crippen LogP contribution >= 0.6 is 0 Å². The number of benzene rings is 2. The van der Waals surface area contributed by atoms with Crippen LogP contribution in [0.1, 0.15) is 13.3 Å². The lowest BCUT2D eigenvalue weighted by atomic mass is 10.2. The molecule has 0 aliphatic carbocycles. The summed E-state index contributed by atoms with van der Waals surface area (Å²) in [4.78, 5) is 29.0. The average molecular weight is 411 g/mol. The maximum absolute atomic E-state index is 12.1. The van der Waals surface area contributed by atoms with Gasteiger partial charge in [0.2, 0.25) is 0 Å². The molecule has 2 N–H and O–H groups in total. The Hall–Kier alpha value is -3.06. The highest BCUT2D eigenvalue weighted by atomic mass is 16.5. The number of piperazine rings is 1. The van der Waals surface area contributed by atoms with E-state index in [0.29, 0.717) is 24.6 Å². The molecule has 0 unspecified atom stereocenters. The molecule has 2 aromatic rings. The number of hydrogen-bond acceptors (Lipinski definition) is 5. The van der Waals surface area contributed by atoms with Crippen molar-refractivity contribution < 1.29 is 14.3 Å². The van der Waals surface area contributed by atoms with Crippen molar-refractivity contribution in [3.05, 3.63) is 54.6 Å². The van der Waals surface area contributed by atoms with E-state index in [9.17, 15) is 9.59 Å². The van der Waals surface area contributed by atoms with Crippen LogP contribution in [0.25, 0.3) is 0 Å². The molecule has 1 heterocycles. The van der Waals surface area contributed by atoms with Crippen LogP contribution in [0.4, 0.5) is 11.4 Å². The summed E-state index contributed by atoms with van der Waals surface area (Å²) in [7, 11) is 0. The van der Waals surface area contributed by atoms with E-state index < -0.39 is 11.8 Å². The van der Waals surface area contributed by atoms with Gasteiger partial charge in [-0.25, -0.2) is 0 Å². The number of carbonyl (C=O) groups excluding carboxylic acids is 2. The highest BCUT2D eigenvalue weighted by Crippen LogP contribution is 2.23. The Morgan fingerprint density at radius 3 is 2.37 bits per heavy atom. The Morgan fingerprint density at radius 1 is 0.933 bits per heavy atom. The fourth-order valence-electron chi connectivity index (χ4n) is 3.48. The number of carbonyl (C=O) groups is 2. The van der Waals surface area contributed by atoms with Crippen molar-refractivity contribution >= 4 is 23.2 Å². The first-order chi connectivity index (χ1) is 14.7. The van der Waals surface area contributed by atoms with Crippen LogP contribution in [0.2, 0.25) is 0 Å². The normalized spacial score (nSPS) is 14.2. The third kappa shape index (κ3) is 6.22. The van der Waals surface area contributed by atoms with Crippen molar-refractivity contribution in [2.24, 2.45) is 0 Å². The minimum absolute atomic E-state index is 0.470. The summed E-state index contributed by atoms with van der Waals surface area (Å²) >= 11 is 0. The van der Waals surface area contributed by atoms with Crippen LogP contribution in [0.3, 0.4) is 0 Å². The molecule has 0 radical (unpaired) electrons. The maximum atomic E-state index is 12.1. The van der Waals surface area contributed by atoms with Crippen molar-refractivity contribution in [2.45, 2.75) is 13.3 Å². The van der Waals surface area contributed by atoms with Gasteiger partial charge in [-0.3, -0.25) is 14.5 Å². The van der Waals surface area contributed by atoms with Gasteiger partial charge in [0.25, 0.3) is 0 Å². The van der Waals surface area contributed by atoms with Gasteiger partial charge in [0.15, 0.2) is 0 Å². The van der Waals surface area contributed by atoms with Crippen molar-refractivity contribution in [3.63, 3.8) is 0 Å². The zero-order valence-electron chi connectivity index (χ0n) is 17.5. The lowest BCUT2D eigenvalue weighted by Crippen LogP contribution is -2.47. The average Bonchev–Trinajstić information content (AvgIpc) is 2.79. The molecule has 1 saturated heterocycles. The number of ether oxygens (including phenoxy) is 1. The predicted molar refractivity (Wildman–Crippen MR) is 119 cm³/mol. The highest BCUT2D eigenvalue weighted by molar-refractivity contribution is 6.39. The third-order valence-corrected chi connectivity index (χ3v) is 5.07. The predicted octanol–water partition coefficient (Wildman–Crippen LogP) is 2.35. The smallest absolute Gasteiger partial charge is 0.313 e. The van der Waals surface area contributed by atoms with Crippen LogP contribution in [0.5, 0.6) is 5.75 Å². The van der Waals surface area contributed by atoms with Crippen LogP contribution < -0.4 is 20.3 Å². The first-order valence-corrected chi connectivity index (χ1v) is 10.5. The van der Waals surface area contributed by atoms with Crippen molar-refractivity contribution in [2.75, 3.05) is 56.1 Å². The van der Waals surface area contributed by atoms with Gasteiger partial charge in [-0.2, -0.15) is 0 Å². The fourth-order valence-corrected chi connectivity index (χ4v) is 3.48. The van der Waals surface area contributed by atoms with E-state index in [1.807, 2.05) is 19.1 Å². The fraction of sp³-hybridized carbons (Fsp3) is 0.391. The quantitative estimate of drug-likeness (QED) is 0.516. The second kappa shape index (κ2) is 11.2. The lowest BCUT2D eigenvalue weighted by Gasteiger charge is -2.36. The number of para-hydroxylation sites is 3. The van der Waals surface area contributed by atoms with Gasteiger partial charge in [0.1, 0.15) is 5.75 Å². The number of anilines is 2. The van der Waals surface area contributed by atoms with E-state index in [0.717, 1.165) is 39.1 Å². The van der Waals surface area contributed by atoms with Gasteiger partial charge in [-0.05, 0) is 44.2 Å². The van der Waals surface area contributed by atoms with E-state index >= 15 is 0 Å². The number of amides is 2. The Bertz CT molecular complexity index is 820. The van der Waals surface area contributed by atoms with Gasteiger partial charge in [0.05, 0.1) is 12.3 Å². The molecule has 160 valence electrons. The number of rotatable bonds is 8. The molecule has 1 aliphatic heterocycles. The third-order valence-electron chi connectivity index (χ3n) is 5.07. The summed E-state index contributed by atoms with van der Waals surface area (Å²) in [5, 5.41) is 5.31. The molecule has 0 atom stereocenters. The van der Waals surface area contributed by atoms with Gasteiger partial charge < -0.3 is 20.3 Å². The molecule has 3 rings (SSSR count). The molecule has 0 aromatic heterocycles. The molecule has 1 fully saturated rings. The number of hydrogen-bond donors (Lipinski definition) is 2. The molecule has 0 spiro atoms. The van der Waals surface area contributed by atoms with Gasteiger partial charge in [-0.1, -0.05) is 30.3 Å². The van der Waals surface area contributed by atoms with Gasteiger partial charge in [0, 0.05) is 38.4 Å². The topological polar surface area (TPSA) is 73.9 Å². The largest absolute Gasteiger partial charge is 0.492 e. The van der Waals surface area contributed by atoms with Crippen LogP contribution in [-0.4, -0.2) is 62.6 Å². The summed E-state index contributed by atoms with van der Waals surface area (Å²) in [6, 6.07) is 17.5. The zero-order chi connectivity index (χ0) is 21.2. The Morgan fingerprint density at radius 2 is 1.63 bits per heavy atom. The van der Waals surface area contributed by atoms with E-state index in [2.05, 4.69) is 44.7 Å². The first kappa shape index (κ1) is 21.6. The Kier molecular flexibility index (Phi) is 8.09. The van der Waals surface area contributed by atoms with E-state index in [1.165, 1.54) is 5.69 Å². The maximum Gasteiger partial charge on any atom is 0.313 e. The molecular weight excluding hydrogens is 380 g/mol. The minimum Gasteiger partial charge on any atom is -0.492 e. The molecular formula is C23H30N4O3. The van der Waals surface area contributed by atoms with Crippen LogP contribution in [-0.2, 0) is 9.59 Å². The monoisotopic (exact) mass is 410 g/mol. The van der Waals surface area contributed by atoms with Crippen molar-refractivity contribution in [3.8, 4) is 5.75 Å². The van der Waals surface area contributed by atoms with Crippen LogP contribution in [0.15, 0.2) is 54.6 Å². The molecule has 7 nitrogen and oxygen atoms in total. The van der Waals surface area contributed by atoms with E-state index in [-0.39, 0.29) is 0 Å². The molecule has 7 heteroatoms. The summed E-state index contributed by atoms with van der Waals surface area (Å²) in [6.45, 7) is 7.71. The summed E-state index contributed by atoms with van der Waals surface area (Å²) < 4.78 is 5.46. The highest BCUT2D eigenvalue weighted by Gasteiger charge is 2.18. The van der Waals surface area contributed by atoms with Crippen LogP contribution in [0, 0.1) is 0 Å². The van der Waals surface area contributed by atoms with Gasteiger partial charge >= 0.3 is 11.8 Å². The number of nitrogens with one attached hydrogen (secondary N) is 2. The Labute approximate surface area is 178 Å². The van der Waals surface area contributed by atoms with Crippen molar-refractivity contribution in [1.29, 1.82) is 0 Å². The molecule has 0 saturated carbocycles. The molecule has 2 amide bonds. The molecule has 2 aromatic carbocycles. The first-order valence-electron chi connectivity index (χ1n) is 10.5. The minimum atomic E-state index is -0.682. The van der Waals surface area contributed by atoms with E-state index in [4.69, 9.17) is 4.74 Å². The van der Waals surface area contributed by atoms with E-state index in [1.54, 1.807) is 18.2 Å². The molecule has 1 aliphatic rings. The second-order valence-electron chi connectivity index (χ2n) is 7.16. The molecule has 0 bridgehead atoms. The summed E-state index contributed by atoms with van der Waals surface area (Å²) in [5.41, 5.74) is 1.76.